The van der Waals surface area contributed by atoms with E-state index in [9.17, 15) is 9.59 Å². The number of nitrogens with one attached hydrogen (secondary N) is 2. The van der Waals surface area contributed by atoms with E-state index < -0.39 is 0 Å². The normalized spacial score (nSPS) is 17.5. The van der Waals surface area contributed by atoms with E-state index in [4.69, 9.17) is 0 Å². The molecule has 0 aromatic heterocycles. The summed E-state index contributed by atoms with van der Waals surface area (Å²) in [6, 6.07) is 7.99. The molecule has 126 valence electrons. The lowest BCUT2D eigenvalue weighted by Crippen LogP contribution is -2.39. The molecular weight excluding hydrogens is 332 g/mol. The van der Waals surface area contributed by atoms with Gasteiger partial charge in [0.1, 0.15) is 0 Å². The maximum atomic E-state index is 12.1. The van der Waals surface area contributed by atoms with Crippen molar-refractivity contribution in [1.29, 1.82) is 0 Å². The van der Waals surface area contributed by atoms with E-state index in [0.29, 0.717) is 17.9 Å². The van der Waals surface area contributed by atoms with Gasteiger partial charge in [-0.3, -0.25) is 9.59 Å². The fourth-order valence-electron chi connectivity index (χ4n) is 2.24. The molecule has 1 aliphatic rings. The monoisotopic (exact) mass is 354 g/mol. The second-order valence-electron chi connectivity index (χ2n) is 5.25. The molecule has 1 aromatic carbocycles. The van der Waals surface area contributed by atoms with Crippen molar-refractivity contribution in [2.75, 3.05) is 36.2 Å². The van der Waals surface area contributed by atoms with Gasteiger partial charge in [0.25, 0.3) is 0 Å². The van der Waals surface area contributed by atoms with E-state index in [0.717, 1.165) is 29.3 Å². The second kappa shape index (κ2) is 9.85. The van der Waals surface area contributed by atoms with Crippen LogP contribution in [0.4, 0.5) is 5.69 Å². The topological polar surface area (TPSA) is 67.4 Å². The molecule has 1 aromatic rings. The predicted octanol–water partition coefficient (Wildman–Crippen LogP) is 2.13. The second-order valence-corrected chi connectivity index (χ2v) is 7.38. The zero-order chi connectivity index (χ0) is 16.5. The van der Waals surface area contributed by atoms with Crippen molar-refractivity contribution in [2.45, 2.75) is 18.2 Å². The third kappa shape index (κ3) is 6.85. The zero-order valence-electron chi connectivity index (χ0n) is 13.2. The van der Waals surface area contributed by atoms with Crippen molar-refractivity contribution in [1.82, 2.24) is 5.32 Å². The minimum Gasteiger partial charge on any atom is -0.468 e. The molecule has 1 fully saturated rings. The first kappa shape index (κ1) is 18.2. The van der Waals surface area contributed by atoms with Crippen molar-refractivity contribution in [3.05, 3.63) is 29.8 Å². The molecule has 0 aliphatic carbocycles. The number of amides is 1. The minimum atomic E-state index is -0.225. The summed E-state index contributed by atoms with van der Waals surface area (Å²) < 4.78 is 4.61. The zero-order valence-corrected chi connectivity index (χ0v) is 14.8. The quantitative estimate of drug-likeness (QED) is 0.731. The maximum Gasteiger partial charge on any atom is 0.315 e. The Bertz CT molecular complexity index is 534. The Labute approximate surface area is 145 Å². The number of methoxy groups -OCH3 is 1. The highest BCUT2D eigenvalue weighted by Gasteiger charge is 2.16. The number of anilines is 1. The van der Waals surface area contributed by atoms with Gasteiger partial charge in [-0.25, -0.2) is 0 Å². The first-order valence-electron chi connectivity index (χ1n) is 7.52. The van der Waals surface area contributed by atoms with Crippen molar-refractivity contribution >= 4 is 41.1 Å². The largest absolute Gasteiger partial charge is 0.468 e. The molecule has 5 nitrogen and oxygen atoms in total. The minimum absolute atomic E-state index is 0.0318. The van der Waals surface area contributed by atoms with E-state index in [1.54, 1.807) is 0 Å². The Kier molecular flexibility index (Phi) is 7.78. The first-order chi connectivity index (χ1) is 11.2. The van der Waals surface area contributed by atoms with Gasteiger partial charge in [0.2, 0.25) is 5.91 Å². The number of thioether (sulfide) groups is 2. The summed E-state index contributed by atoms with van der Waals surface area (Å²) in [4.78, 5) is 23.2. The third-order valence-electron chi connectivity index (χ3n) is 3.36. The van der Waals surface area contributed by atoms with Crippen molar-refractivity contribution in [2.24, 2.45) is 0 Å². The van der Waals surface area contributed by atoms with E-state index in [-0.39, 0.29) is 17.9 Å². The average Bonchev–Trinajstić information content (AvgIpc) is 2.56. The lowest BCUT2D eigenvalue weighted by Gasteiger charge is -2.22. The highest BCUT2D eigenvalue weighted by atomic mass is 32.2. The molecule has 1 aliphatic heterocycles. The van der Waals surface area contributed by atoms with E-state index in [2.05, 4.69) is 15.4 Å². The van der Waals surface area contributed by atoms with Crippen LogP contribution in [0.15, 0.2) is 24.3 Å². The number of benzene rings is 1. The van der Waals surface area contributed by atoms with Gasteiger partial charge in [0.15, 0.2) is 0 Å². The molecule has 0 spiro atoms. The lowest BCUT2D eigenvalue weighted by molar-refractivity contribution is -0.137. The van der Waals surface area contributed by atoms with Crippen LogP contribution in [0, 0.1) is 0 Å². The van der Waals surface area contributed by atoms with Crippen LogP contribution in [0.1, 0.15) is 12.0 Å². The highest BCUT2D eigenvalue weighted by Crippen LogP contribution is 2.17. The number of carbonyl (C=O) groups excluding carboxylic acids is 2. The van der Waals surface area contributed by atoms with Gasteiger partial charge in [-0.1, -0.05) is 12.1 Å². The van der Waals surface area contributed by atoms with Crippen LogP contribution >= 0.6 is 23.5 Å². The van der Waals surface area contributed by atoms with E-state index >= 15 is 0 Å². The van der Waals surface area contributed by atoms with Crippen LogP contribution < -0.4 is 10.6 Å². The molecule has 0 radical (unpaired) electrons. The van der Waals surface area contributed by atoms with Crippen molar-refractivity contribution < 1.29 is 14.3 Å². The van der Waals surface area contributed by atoms with Crippen LogP contribution in [0.3, 0.4) is 0 Å². The fourth-order valence-corrected chi connectivity index (χ4v) is 3.99. The first-order valence-corrected chi connectivity index (χ1v) is 9.83. The van der Waals surface area contributed by atoms with Gasteiger partial charge in [-0.15, -0.1) is 11.8 Å². The van der Waals surface area contributed by atoms with Gasteiger partial charge in [-0.05, 0) is 17.7 Å². The standard InChI is InChI=1S/C16H22N2O3S2/c1-21-16(20)11-23-9-12-3-2-4-13(7-12)18-15(19)8-14-10-22-6-5-17-14/h2-4,7,14,17H,5-6,8-11H2,1H3,(H,18,19). The third-order valence-corrected chi connectivity index (χ3v) is 5.47. The van der Waals surface area contributed by atoms with E-state index in [1.165, 1.54) is 18.9 Å². The highest BCUT2D eigenvalue weighted by molar-refractivity contribution is 7.99. The Morgan fingerprint density at radius 3 is 3.09 bits per heavy atom. The summed E-state index contributed by atoms with van der Waals surface area (Å²) in [7, 11) is 1.39. The Morgan fingerprint density at radius 1 is 1.48 bits per heavy atom. The Morgan fingerprint density at radius 2 is 2.35 bits per heavy atom. The summed E-state index contributed by atoms with van der Waals surface area (Å²) in [6.45, 7) is 0.968. The number of hydrogen-bond donors (Lipinski definition) is 2. The van der Waals surface area contributed by atoms with Gasteiger partial charge >= 0.3 is 5.97 Å². The summed E-state index contributed by atoms with van der Waals surface area (Å²) in [5, 5.41) is 6.31. The van der Waals surface area contributed by atoms with E-state index in [1.807, 2.05) is 36.0 Å². The molecule has 0 bridgehead atoms. The molecule has 1 unspecified atom stereocenters. The average molecular weight is 354 g/mol. The summed E-state index contributed by atoms with van der Waals surface area (Å²) in [5.74, 6) is 2.94. The van der Waals surface area contributed by atoms with Crippen LogP contribution in [-0.2, 0) is 20.1 Å². The maximum absolute atomic E-state index is 12.1. The lowest BCUT2D eigenvalue weighted by atomic mass is 10.2. The van der Waals surface area contributed by atoms with Gasteiger partial charge < -0.3 is 15.4 Å². The molecule has 1 atom stereocenters. The SMILES string of the molecule is COC(=O)CSCc1cccc(NC(=O)CC2CSCCN2)c1. The number of ether oxygens (including phenoxy) is 1. The molecular formula is C16H22N2O3S2. The van der Waals surface area contributed by atoms with Crippen LogP contribution in [0.25, 0.3) is 0 Å². The van der Waals surface area contributed by atoms with Crippen LogP contribution in [0.2, 0.25) is 0 Å². The van der Waals surface area contributed by atoms with Crippen LogP contribution in [0.5, 0.6) is 0 Å². The molecule has 23 heavy (non-hydrogen) atoms. The summed E-state index contributed by atoms with van der Waals surface area (Å²) in [5.41, 5.74) is 1.87. The number of hydrogen-bond acceptors (Lipinski definition) is 6. The number of rotatable bonds is 7. The molecule has 0 saturated carbocycles. The Balaban J connectivity index is 1.79. The predicted molar refractivity (Wildman–Crippen MR) is 97.0 cm³/mol. The van der Waals surface area contributed by atoms with Crippen molar-refractivity contribution in [3.8, 4) is 0 Å². The summed E-state index contributed by atoms with van der Waals surface area (Å²) >= 11 is 3.38. The van der Waals surface area contributed by atoms with Crippen molar-refractivity contribution in [3.63, 3.8) is 0 Å². The van der Waals surface area contributed by atoms with Gasteiger partial charge in [-0.2, -0.15) is 11.8 Å². The Hall–Kier alpha value is -1.18. The number of carbonyl (C=O) groups is 2. The summed E-state index contributed by atoms with van der Waals surface area (Å²) in [6.07, 6.45) is 0.494. The van der Waals surface area contributed by atoms with Gasteiger partial charge in [0.05, 0.1) is 12.9 Å². The number of esters is 1. The molecule has 1 saturated heterocycles. The molecule has 1 heterocycles. The molecule has 1 amide bonds. The van der Waals surface area contributed by atoms with Gasteiger partial charge in [0, 0.05) is 42.0 Å². The molecule has 2 rings (SSSR count). The fraction of sp³-hybridized carbons (Fsp3) is 0.500. The molecule has 7 heteroatoms. The molecule has 2 N–H and O–H groups in total. The van der Waals surface area contributed by atoms with Crippen LogP contribution in [-0.4, -0.2) is 48.8 Å². The smallest absolute Gasteiger partial charge is 0.315 e.